The van der Waals surface area contributed by atoms with Crippen LogP contribution in [0, 0.1) is 0 Å². The Bertz CT molecular complexity index is 402. The minimum atomic E-state index is 0.156. The van der Waals surface area contributed by atoms with Crippen molar-refractivity contribution in [3.05, 3.63) is 18.1 Å². The van der Waals surface area contributed by atoms with E-state index in [0.29, 0.717) is 6.54 Å². The van der Waals surface area contributed by atoms with Crippen molar-refractivity contribution in [3.63, 3.8) is 0 Å². The topological polar surface area (TPSA) is 58.1 Å². The van der Waals surface area contributed by atoms with E-state index in [4.69, 9.17) is 0 Å². The average molecular weight is 248 g/mol. The van der Waals surface area contributed by atoms with Crippen LogP contribution in [0.15, 0.2) is 12.4 Å². The molecule has 0 unspecified atom stereocenters. The summed E-state index contributed by atoms with van der Waals surface area (Å²) >= 11 is 0. The molecular weight excluding hydrogens is 228 g/mol. The predicted molar refractivity (Wildman–Crippen MR) is 70.3 cm³/mol. The minimum absolute atomic E-state index is 0.156. The highest BCUT2D eigenvalue weighted by Gasteiger charge is 2.17. The van der Waals surface area contributed by atoms with Gasteiger partial charge in [-0.25, -0.2) is 9.97 Å². The zero-order valence-corrected chi connectivity index (χ0v) is 10.9. The molecule has 18 heavy (non-hydrogen) atoms. The zero-order valence-electron chi connectivity index (χ0n) is 10.9. The summed E-state index contributed by atoms with van der Waals surface area (Å²) in [6.07, 6.45) is 5.80. The second kappa shape index (κ2) is 6.33. The molecule has 1 aliphatic heterocycles. The van der Waals surface area contributed by atoms with Crippen LogP contribution in [-0.4, -0.2) is 40.4 Å². The van der Waals surface area contributed by atoms with Gasteiger partial charge in [0.05, 0.1) is 6.54 Å². The Morgan fingerprint density at radius 1 is 1.39 bits per heavy atom. The number of aryl methyl sites for hydroxylation is 1. The van der Waals surface area contributed by atoms with Gasteiger partial charge in [-0.05, 0) is 19.3 Å². The van der Waals surface area contributed by atoms with E-state index in [2.05, 4.69) is 22.2 Å². The van der Waals surface area contributed by atoms with Crippen molar-refractivity contribution in [2.75, 3.05) is 25.0 Å². The van der Waals surface area contributed by atoms with Gasteiger partial charge in [-0.2, -0.15) is 0 Å². The Kier molecular flexibility index (Phi) is 4.50. The Labute approximate surface area is 108 Å². The van der Waals surface area contributed by atoms with Gasteiger partial charge in [-0.1, -0.05) is 13.3 Å². The van der Waals surface area contributed by atoms with E-state index in [1.165, 1.54) is 0 Å². The van der Waals surface area contributed by atoms with Crippen molar-refractivity contribution < 1.29 is 4.79 Å². The summed E-state index contributed by atoms with van der Waals surface area (Å²) in [5, 5.41) is 3.08. The number of carbonyl (C=O) groups is 1. The highest BCUT2D eigenvalue weighted by atomic mass is 16.2. The molecule has 5 heteroatoms. The lowest BCUT2D eigenvalue weighted by molar-refractivity contribution is -0.128. The number of hydrogen-bond donors (Lipinski definition) is 1. The van der Waals surface area contributed by atoms with Crippen molar-refractivity contribution in [2.45, 2.75) is 32.6 Å². The van der Waals surface area contributed by atoms with E-state index in [-0.39, 0.29) is 5.91 Å². The molecule has 0 spiro atoms. The first-order valence-corrected chi connectivity index (χ1v) is 6.62. The third kappa shape index (κ3) is 3.42. The molecule has 0 radical (unpaired) electrons. The molecule has 1 N–H and O–H groups in total. The molecule has 1 saturated heterocycles. The van der Waals surface area contributed by atoms with Gasteiger partial charge in [-0.3, -0.25) is 4.79 Å². The first-order valence-electron chi connectivity index (χ1n) is 6.62. The number of likely N-dealkylation sites (tertiary alicyclic amines) is 1. The fourth-order valence-electron chi connectivity index (χ4n) is 2.13. The maximum absolute atomic E-state index is 11.8. The predicted octanol–water partition coefficient (Wildman–Crippen LogP) is 1.46. The summed E-state index contributed by atoms with van der Waals surface area (Å²) in [4.78, 5) is 22.1. The maximum atomic E-state index is 11.8. The summed E-state index contributed by atoms with van der Waals surface area (Å²) in [5.74, 6) is 0.893. The number of amides is 1. The number of carbonyl (C=O) groups excluding carboxylic acids is 1. The highest BCUT2D eigenvalue weighted by molar-refractivity contribution is 5.80. The summed E-state index contributed by atoms with van der Waals surface area (Å²) < 4.78 is 0. The standard InChI is InChI=1S/C13H20N4O/c1-2-5-11-8-12(16-10-15-11)14-9-13(18)17-6-3-4-7-17/h8,10H,2-7,9H2,1H3,(H,14,15,16). The zero-order chi connectivity index (χ0) is 12.8. The molecule has 0 bridgehead atoms. The fourth-order valence-corrected chi connectivity index (χ4v) is 2.13. The van der Waals surface area contributed by atoms with E-state index >= 15 is 0 Å². The number of rotatable bonds is 5. The van der Waals surface area contributed by atoms with Crippen LogP contribution in [-0.2, 0) is 11.2 Å². The fraction of sp³-hybridized carbons (Fsp3) is 0.615. The van der Waals surface area contributed by atoms with E-state index in [9.17, 15) is 4.79 Å². The van der Waals surface area contributed by atoms with Gasteiger partial charge in [0, 0.05) is 24.8 Å². The van der Waals surface area contributed by atoms with Crippen LogP contribution in [0.4, 0.5) is 5.82 Å². The number of nitrogens with one attached hydrogen (secondary N) is 1. The van der Waals surface area contributed by atoms with Crippen molar-refractivity contribution in [2.24, 2.45) is 0 Å². The van der Waals surface area contributed by atoms with Gasteiger partial charge in [0.2, 0.25) is 5.91 Å². The Morgan fingerprint density at radius 2 is 2.17 bits per heavy atom. The lowest BCUT2D eigenvalue weighted by Gasteiger charge is -2.15. The van der Waals surface area contributed by atoms with Crippen LogP contribution < -0.4 is 5.32 Å². The molecule has 2 rings (SSSR count). The molecule has 0 aliphatic carbocycles. The van der Waals surface area contributed by atoms with Crippen LogP contribution in [0.25, 0.3) is 0 Å². The molecule has 1 amide bonds. The molecule has 1 aromatic heterocycles. The molecule has 0 atom stereocenters. The molecular formula is C13H20N4O. The molecule has 1 fully saturated rings. The second-order valence-corrected chi connectivity index (χ2v) is 4.59. The smallest absolute Gasteiger partial charge is 0.241 e. The third-order valence-electron chi connectivity index (χ3n) is 3.11. The summed E-state index contributed by atoms with van der Waals surface area (Å²) in [7, 11) is 0. The number of anilines is 1. The maximum Gasteiger partial charge on any atom is 0.241 e. The normalized spacial score (nSPS) is 14.8. The van der Waals surface area contributed by atoms with Gasteiger partial charge < -0.3 is 10.2 Å². The highest BCUT2D eigenvalue weighted by Crippen LogP contribution is 2.09. The number of aromatic nitrogens is 2. The Hall–Kier alpha value is -1.65. The first-order chi connectivity index (χ1) is 8.79. The molecule has 1 aliphatic rings. The van der Waals surface area contributed by atoms with Crippen molar-refractivity contribution in [1.82, 2.24) is 14.9 Å². The van der Waals surface area contributed by atoms with Crippen LogP contribution in [0.3, 0.4) is 0 Å². The molecule has 1 aromatic rings. The summed E-state index contributed by atoms with van der Waals surface area (Å²) in [6, 6.07) is 1.92. The quantitative estimate of drug-likeness (QED) is 0.857. The monoisotopic (exact) mass is 248 g/mol. The largest absolute Gasteiger partial charge is 0.361 e. The summed E-state index contributed by atoms with van der Waals surface area (Å²) in [5.41, 5.74) is 1.02. The lowest BCUT2D eigenvalue weighted by Crippen LogP contribution is -2.33. The van der Waals surface area contributed by atoms with Crippen LogP contribution >= 0.6 is 0 Å². The molecule has 2 heterocycles. The van der Waals surface area contributed by atoms with Crippen molar-refractivity contribution in [1.29, 1.82) is 0 Å². The Morgan fingerprint density at radius 3 is 2.89 bits per heavy atom. The van der Waals surface area contributed by atoms with Crippen molar-refractivity contribution >= 4 is 11.7 Å². The lowest BCUT2D eigenvalue weighted by atomic mass is 10.2. The second-order valence-electron chi connectivity index (χ2n) is 4.59. The molecule has 98 valence electrons. The van der Waals surface area contributed by atoms with E-state index < -0.39 is 0 Å². The van der Waals surface area contributed by atoms with Crippen LogP contribution in [0.2, 0.25) is 0 Å². The molecule has 5 nitrogen and oxygen atoms in total. The molecule has 0 saturated carbocycles. The van der Waals surface area contributed by atoms with Gasteiger partial charge in [-0.15, -0.1) is 0 Å². The van der Waals surface area contributed by atoms with E-state index in [0.717, 1.165) is 50.3 Å². The number of nitrogens with zero attached hydrogens (tertiary/aromatic N) is 3. The Balaban J connectivity index is 1.85. The van der Waals surface area contributed by atoms with Crippen LogP contribution in [0.1, 0.15) is 31.9 Å². The first kappa shape index (κ1) is 12.8. The van der Waals surface area contributed by atoms with Gasteiger partial charge in [0.15, 0.2) is 0 Å². The van der Waals surface area contributed by atoms with E-state index in [1.54, 1.807) is 6.33 Å². The van der Waals surface area contributed by atoms with Gasteiger partial charge >= 0.3 is 0 Å². The van der Waals surface area contributed by atoms with Gasteiger partial charge in [0.25, 0.3) is 0 Å². The minimum Gasteiger partial charge on any atom is -0.361 e. The average Bonchev–Trinajstić information content (AvgIpc) is 2.91. The number of hydrogen-bond acceptors (Lipinski definition) is 4. The van der Waals surface area contributed by atoms with Gasteiger partial charge in [0.1, 0.15) is 12.1 Å². The van der Waals surface area contributed by atoms with E-state index in [1.807, 2.05) is 11.0 Å². The SMILES string of the molecule is CCCc1cc(NCC(=O)N2CCCC2)ncn1. The summed E-state index contributed by atoms with van der Waals surface area (Å²) in [6.45, 7) is 4.23. The molecule has 0 aromatic carbocycles. The third-order valence-corrected chi connectivity index (χ3v) is 3.11. The van der Waals surface area contributed by atoms with Crippen LogP contribution in [0.5, 0.6) is 0 Å². The van der Waals surface area contributed by atoms with Crippen molar-refractivity contribution in [3.8, 4) is 0 Å².